The molecule has 5 nitrogen and oxygen atoms in total. The molecule has 1 aromatic carbocycles. The Labute approximate surface area is 157 Å². The summed E-state index contributed by atoms with van der Waals surface area (Å²) in [4.78, 5) is 20.1. The summed E-state index contributed by atoms with van der Waals surface area (Å²) >= 11 is 1.56. The lowest BCUT2D eigenvalue weighted by molar-refractivity contribution is 0.0525. The summed E-state index contributed by atoms with van der Waals surface area (Å²) in [6, 6.07) is 10.4. The summed E-state index contributed by atoms with van der Waals surface area (Å²) in [5.41, 5.74) is 5.30. The first-order valence-electron chi connectivity index (χ1n) is 8.70. The van der Waals surface area contributed by atoms with Crippen LogP contribution in [0.4, 0.5) is 5.13 Å². The van der Waals surface area contributed by atoms with E-state index in [-0.39, 0.29) is 5.97 Å². The monoisotopic (exact) mass is 369 g/mol. The van der Waals surface area contributed by atoms with E-state index in [2.05, 4.69) is 27.4 Å². The summed E-state index contributed by atoms with van der Waals surface area (Å²) < 4.78 is 5.15. The Morgan fingerprint density at radius 3 is 2.77 bits per heavy atom. The van der Waals surface area contributed by atoms with E-state index in [1.54, 1.807) is 11.3 Å². The van der Waals surface area contributed by atoms with Crippen molar-refractivity contribution in [2.45, 2.75) is 27.2 Å². The number of nitrogens with zero attached hydrogens (tertiary/aromatic N) is 1. The maximum Gasteiger partial charge on any atom is 0.340 e. The van der Waals surface area contributed by atoms with Crippen molar-refractivity contribution in [3.8, 4) is 11.4 Å². The summed E-state index contributed by atoms with van der Waals surface area (Å²) in [7, 11) is 0. The molecule has 3 aromatic rings. The third-order valence-electron chi connectivity index (χ3n) is 4.21. The Balaban J connectivity index is 1.70. The van der Waals surface area contributed by atoms with Crippen LogP contribution in [0.2, 0.25) is 0 Å². The smallest absolute Gasteiger partial charge is 0.340 e. The number of H-pyrrole nitrogens is 1. The van der Waals surface area contributed by atoms with Crippen molar-refractivity contribution < 1.29 is 9.53 Å². The second-order valence-electron chi connectivity index (χ2n) is 6.05. The van der Waals surface area contributed by atoms with E-state index in [4.69, 9.17) is 4.74 Å². The number of esters is 1. The summed E-state index contributed by atoms with van der Waals surface area (Å²) in [5, 5.41) is 6.24. The highest BCUT2D eigenvalue weighted by Crippen LogP contribution is 2.30. The van der Waals surface area contributed by atoms with Gasteiger partial charge in [0, 0.05) is 17.6 Å². The second kappa shape index (κ2) is 8.19. The minimum absolute atomic E-state index is 0.290. The molecule has 0 aliphatic rings. The van der Waals surface area contributed by atoms with E-state index in [1.807, 2.05) is 44.4 Å². The van der Waals surface area contributed by atoms with Crippen LogP contribution in [0.5, 0.6) is 0 Å². The number of aryl methyl sites for hydroxylation is 1. The number of benzene rings is 1. The van der Waals surface area contributed by atoms with E-state index < -0.39 is 0 Å². The van der Waals surface area contributed by atoms with E-state index in [1.165, 1.54) is 5.56 Å². The molecule has 3 rings (SSSR count). The standard InChI is InChI=1S/C20H23N3O2S/c1-4-25-19(24)17-13(2)18(22-14(17)3)16-12-26-20(23-16)21-11-10-15-8-6-5-7-9-15/h5-9,12,22H,4,10-11H2,1-3H3,(H,21,23). The van der Waals surface area contributed by atoms with Gasteiger partial charge < -0.3 is 15.0 Å². The van der Waals surface area contributed by atoms with Gasteiger partial charge in [-0.25, -0.2) is 9.78 Å². The van der Waals surface area contributed by atoms with Crippen LogP contribution in [0.1, 0.15) is 34.1 Å². The van der Waals surface area contributed by atoms with E-state index in [0.717, 1.165) is 40.7 Å². The lowest BCUT2D eigenvalue weighted by Gasteiger charge is -2.03. The van der Waals surface area contributed by atoms with Crippen LogP contribution in [0.3, 0.4) is 0 Å². The van der Waals surface area contributed by atoms with Crippen molar-refractivity contribution in [3.63, 3.8) is 0 Å². The van der Waals surface area contributed by atoms with Gasteiger partial charge in [-0.2, -0.15) is 0 Å². The first kappa shape index (κ1) is 18.2. The van der Waals surface area contributed by atoms with Gasteiger partial charge in [0.1, 0.15) is 5.69 Å². The fourth-order valence-electron chi connectivity index (χ4n) is 2.94. The molecule has 0 unspecified atom stereocenters. The summed E-state index contributed by atoms with van der Waals surface area (Å²) in [6.45, 7) is 6.81. The number of carbonyl (C=O) groups excluding carboxylic acids is 1. The molecule has 26 heavy (non-hydrogen) atoms. The number of aromatic amines is 1. The van der Waals surface area contributed by atoms with Crippen LogP contribution < -0.4 is 5.32 Å². The second-order valence-corrected chi connectivity index (χ2v) is 6.90. The van der Waals surface area contributed by atoms with Crippen LogP contribution >= 0.6 is 11.3 Å². The lowest BCUT2D eigenvalue weighted by atomic mass is 10.1. The van der Waals surface area contributed by atoms with Crippen LogP contribution in [-0.4, -0.2) is 29.1 Å². The molecular formula is C20H23N3O2S. The number of carbonyl (C=O) groups is 1. The third-order valence-corrected chi connectivity index (χ3v) is 5.01. The zero-order valence-corrected chi connectivity index (χ0v) is 16.1. The molecule has 0 spiro atoms. The van der Waals surface area contributed by atoms with Gasteiger partial charge in [0.15, 0.2) is 5.13 Å². The molecule has 0 atom stereocenters. The Morgan fingerprint density at radius 1 is 1.27 bits per heavy atom. The summed E-state index contributed by atoms with van der Waals surface area (Å²) in [5.74, 6) is -0.290. The molecule has 2 aromatic heterocycles. The maximum absolute atomic E-state index is 12.1. The van der Waals surface area contributed by atoms with Gasteiger partial charge in [0.25, 0.3) is 0 Å². The van der Waals surface area contributed by atoms with Crippen LogP contribution in [0.25, 0.3) is 11.4 Å². The van der Waals surface area contributed by atoms with E-state index >= 15 is 0 Å². The number of nitrogens with one attached hydrogen (secondary N) is 2. The molecule has 0 saturated heterocycles. The van der Waals surface area contributed by atoms with Crippen molar-refractivity contribution in [3.05, 3.63) is 58.1 Å². The van der Waals surface area contributed by atoms with Gasteiger partial charge in [-0.05, 0) is 38.3 Å². The Morgan fingerprint density at radius 2 is 2.04 bits per heavy atom. The van der Waals surface area contributed by atoms with Crippen molar-refractivity contribution >= 4 is 22.4 Å². The lowest BCUT2D eigenvalue weighted by Crippen LogP contribution is -2.06. The van der Waals surface area contributed by atoms with Gasteiger partial charge in [-0.15, -0.1) is 11.3 Å². The molecule has 136 valence electrons. The molecule has 0 fully saturated rings. The molecule has 0 radical (unpaired) electrons. The quantitative estimate of drug-likeness (QED) is 0.598. The third kappa shape index (κ3) is 3.96. The first-order chi connectivity index (χ1) is 12.6. The fourth-order valence-corrected chi connectivity index (χ4v) is 3.67. The molecule has 2 heterocycles. The van der Waals surface area contributed by atoms with Gasteiger partial charge >= 0.3 is 5.97 Å². The average molecular weight is 369 g/mol. The highest BCUT2D eigenvalue weighted by Gasteiger charge is 2.21. The minimum Gasteiger partial charge on any atom is -0.462 e. The largest absolute Gasteiger partial charge is 0.462 e. The number of rotatable bonds is 7. The predicted octanol–water partition coefficient (Wildman–Crippen LogP) is 4.59. The van der Waals surface area contributed by atoms with E-state index in [0.29, 0.717) is 12.2 Å². The zero-order valence-electron chi connectivity index (χ0n) is 15.3. The normalized spacial score (nSPS) is 10.7. The van der Waals surface area contributed by atoms with Crippen molar-refractivity contribution in [1.29, 1.82) is 0 Å². The topological polar surface area (TPSA) is 67.0 Å². The van der Waals surface area contributed by atoms with Crippen molar-refractivity contribution in [1.82, 2.24) is 9.97 Å². The molecule has 0 bridgehead atoms. The molecule has 0 amide bonds. The zero-order chi connectivity index (χ0) is 18.5. The molecule has 0 saturated carbocycles. The number of thiazole rings is 1. The summed E-state index contributed by atoms with van der Waals surface area (Å²) in [6.07, 6.45) is 0.948. The SMILES string of the molecule is CCOC(=O)c1c(C)[nH]c(-c2csc(NCCc3ccccc3)n2)c1C. The number of anilines is 1. The number of hydrogen-bond donors (Lipinski definition) is 2. The van der Waals surface area contributed by atoms with Crippen LogP contribution in [0, 0.1) is 13.8 Å². The Bertz CT molecular complexity index is 884. The van der Waals surface area contributed by atoms with Gasteiger partial charge in [0.05, 0.1) is 17.9 Å². The molecule has 2 N–H and O–H groups in total. The number of hydrogen-bond acceptors (Lipinski definition) is 5. The highest BCUT2D eigenvalue weighted by atomic mass is 32.1. The predicted molar refractivity (Wildman–Crippen MR) is 106 cm³/mol. The number of ether oxygens (including phenoxy) is 1. The molecular weight excluding hydrogens is 346 g/mol. The number of aromatic nitrogens is 2. The highest BCUT2D eigenvalue weighted by molar-refractivity contribution is 7.14. The van der Waals surface area contributed by atoms with Gasteiger partial charge in [-0.3, -0.25) is 0 Å². The van der Waals surface area contributed by atoms with Gasteiger partial charge in [0.2, 0.25) is 0 Å². The first-order valence-corrected chi connectivity index (χ1v) is 9.58. The Hall–Kier alpha value is -2.60. The van der Waals surface area contributed by atoms with Crippen LogP contribution in [-0.2, 0) is 11.2 Å². The van der Waals surface area contributed by atoms with E-state index in [9.17, 15) is 4.79 Å². The van der Waals surface area contributed by atoms with Gasteiger partial charge in [-0.1, -0.05) is 30.3 Å². The van der Waals surface area contributed by atoms with Crippen molar-refractivity contribution in [2.75, 3.05) is 18.5 Å². The fraction of sp³-hybridized carbons (Fsp3) is 0.300. The average Bonchev–Trinajstić information content (AvgIpc) is 3.20. The molecule has 0 aliphatic carbocycles. The Kier molecular flexibility index (Phi) is 5.73. The molecule has 6 heteroatoms. The minimum atomic E-state index is -0.290. The maximum atomic E-state index is 12.1. The van der Waals surface area contributed by atoms with Crippen LogP contribution in [0.15, 0.2) is 35.7 Å². The molecule has 0 aliphatic heterocycles. The van der Waals surface area contributed by atoms with Crippen molar-refractivity contribution in [2.24, 2.45) is 0 Å².